The van der Waals surface area contributed by atoms with Crippen LogP contribution in [-0.2, 0) is 7.05 Å². The molecule has 0 bridgehead atoms. The molecule has 0 spiro atoms. The number of nitrogens with one attached hydrogen (secondary N) is 1. The minimum absolute atomic E-state index is 0.257. The van der Waals surface area contributed by atoms with Gasteiger partial charge in [-0.15, -0.1) is 11.3 Å². The highest BCUT2D eigenvalue weighted by Crippen LogP contribution is 2.27. The van der Waals surface area contributed by atoms with Gasteiger partial charge in [-0.25, -0.2) is 0 Å². The van der Waals surface area contributed by atoms with Gasteiger partial charge in [0.1, 0.15) is 5.75 Å². The Bertz CT molecular complexity index is 838. The molecule has 0 saturated carbocycles. The predicted octanol–water partition coefficient (Wildman–Crippen LogP) is 3.72. The van der Waals surface area contributed by atoms with E-state index in [-0.39, 0.29) is 5.91 Å². The quantitative estimate of drug-likeness (QED) is 0.794. The van der Waals surface area contributed by atoms with E-state index < -0.39 is 0 Å². The molecular weight excluding hydrogens is 310 g/mol. The third kappa shape index (κ3) is 3.12. The number of rotatable bonds is 4. The summed E-state index contributed by atoms with van der Waals surface area (Å²) in [5.41, 5.74) is 2.98. The lowest BCUT2D eigenvalue weighted by molar-refractivity contribution is 0.102. The van der Waals surface area contributed by atoms with Gasteiger partial charge >= 0.3 is 0 Å². The van der Waals surface area contributed by atoms with Crippen molar-refractivity contribution in [2.24, 2.45) is 7.05 Å². The van der Waals surface area contributed by atoms with Crippen LogP contribution in [0.1, 0.15) is 16.1 Å². The molecule has 3 aromatic rings. The van der Waals surface area contributed by atoms with Crippen LogP contribution in [0.25, 0.3) is 10.6 Å². The average Bonchev–Trinajstić information content (AvgIpc) is 3.16. The highest BCUT2D eigenvalue weighted by molar-refractivity contribution is 7.13. The Labute approximate surface area is 138 Å². The Kier molecular flexibility index (Phi) is 4.16. The zero-order valence-electron chi connectivity index (χ0n) is 13.2. The van der Waals surface area contributed by atoms with Gasteiger partial charge in [0.15, 0.2) is 5.69 Å². The molecule has 0 unspecified atom stereocenters. The standard InChI is InChI=1S/C17H17N3O2S/c1-11-6-7-15(22-3)12(9-11)18-17(21)13-10-14(20(2)19-13)16-5-4-8-23-16/h4-10H,1-3H3,(H,18,21). The van der Waals surface area contributed by atoms with Gasteiger partial charge in [0.2, 0.25) is 0 Å². The maximum Gasteiger partial charge on any atom is 0.276 e. The minimum atomic E-state index is -0.257. The SMILES string of the molecule is COc1ccc(C)cc1NC(=O)c1cc(-c2cccs2)n(C)n1. The van der Waals surface area contributed by atoms with Crippen LogP contribution < -0.4 is 10.1 Å². The summed E-state index contributed by atoms with van der Waals surface area (Å²) in [5, 5.41) is 9.18. The van der Waals surface area contributed by atoms with Crippen molar-refractivity contribution in [3.8, 4) is 16.3 Å². The van der Waals surface area contributed by atoms with E-state index >= 15 is 0 Å². The highest BCUT2D eigenvalue weighted by Gasteiger charge is 2.16. The fourth-order valence-corrected chi connectivity index (χ4v) is 3.11. The number of ether oxygens (including phenoxy) is 1. The summed E-state index contributed by atoms with van der Waals surface area (Å²) < 4.78 is 7.00. The lowest BCUT2D eigenvalue weighted by atomic mass is 10.2. The lowest BCUT2D eigenvalue weighted by Crippen LogP contribution is -2.13. The normalized spacial score (nSPS) is 10.6. The van der Waals surface area contributed by atoms with E-state index in [1.165, 1.54) is 0 Å². The topological polar surface area (TPSA) is 56.1 Å². The van der Waals surface area contributed by atoms with Crippen LogP contribution in [0.2, 0.25) is 0 Å². The van der Waals surface area contributed by atoms with Crippen molar-refractivity contribution in [1.29, 1.82) is 0 Å². The second-order valence-electron chi connectivity index (χ2n) is 5.17. The first kappa shape index (κ1) is 15.3. The summed E-state index contributed by atoms with van der Waals surface area (Å²) in [5.74, 6) is 0.366. The Morgan fingerprint density at radius 1 is 1.30 bits per heavy atom. The first-order valence-corrected chi connectivity index (χ1v) is 8.00. The smallest absolute Gasteiger partial charge is 0.276 e. The number of hydrogen-bond acceptors (Lipinski definition) is 4. The van der Waals surface area contributed by atoms with Gasteiger partial charge in [-0.1, -0.05) is 12.1 Å². The Hall–Kier alpha value is -2.60. The van der Waals surface area contributed by atoms with Crippen molar-refractivity contribution >= 4 is 22.9 Å². The molecule has 0 fully saturated rings. The van der Waals surface area contributed by atoms with E-state index in [0.29, 0.717) is 17.1 Å². The van der Waals surface area contributed by atoms with Crippen LogP contribution in [-0.4, -0.2) is 22.8 Å². The van der Waals surface area contributed by atoms with Crippen molar-refractivity contribution in [3.05, 3.63) is 53.0 Å². The van der Waals surface area contributed by atoms with Crippen LogP contribution in [0.4, 0.5) is 5.69 Å². The fourth-order valence-electron chi connectivity index (χ4n) is 2.34. The number of aromatic nitrogens is 2. The molecule has 0 aliphatic rings. The van der Waals surface area contributed by atoms with Crippen molar-refractivity contribution < 1.29 is 9.53 Å². The van der Waals surface area contributed by atoms with Gasteiger partial charge in [0, 0.05) is 7.05 Å². The maximum absolute atomic E-state index is 12.5. The molecule has 0 radical (unpaired) electrons. The first-order valence-electron chi connectivity index (χ1n) is 7.12. The van der Waals surface area contributed by atoms with E-state index in [0.717, 1.165) is 16.1 Å². The van der Waals surface area contributed by atoms with Gasteiger partial charge in [-0.3, -0.25) is 9.48 Å². The van der Waals surface area contributed by atoms with E-state index in [1.54, 1.807) is 29.2 Å². The molecule has 6 heteroatoms. The highest BCUT2D eigenvalue weighted by atomic mass is 32.1. The maximum atomic E-state index is 12.5. The molecule has 2 aromatic heterocycles. The molecule has 1 N–H and O–H groups in total. The number of nitrogens with zero attached hydrogens (tertiary/aromatic N) is 2. The molecule has 118 valence electrons. The van der Waals surface area contributed by atoms with Crippen LogP contribution in [0, 0.1) is 6.92 Å². The van der Waals surface area contributed by atoms with E-state index in [1.807, 2.05) is 49.7 Å². The zero-order valence-corrected chi connectivity index (χ0v) is 14.0. The minimum Gasteiger partial charge on any atom is -0.495 e. The van der Waals surface area contributed by atoms with Crippen LogP contribution >= 0.6 is 11.3 Å². The van der Waals surface area contributed by atoms with Crippen molar-refractivity contribution in [2.75, 3.05) is 12.4 Å². The summed E-state index contributed by atoms with van der Waals surface area (Å²) in [7, 11) is 3.41. The number of amides is 1. The first-order chi connectivity index (χ1) is 11.1. The molecule has 0 saturated heterocycles. The Balaban J connectivity index is 1.87. The van der Waals surface area contributed by atoms with Gasteiger partial charge < -0.3 is 10.1 Å². The number of methoxy groups -OCH3 is 1. The predicted molar refractivity (Wildman–Crippen MR) is 92.2 cm³/mol. The summed E-state index contributed by atoms with van der Waals surface area (Å²) in [6.45, 7) is 1.96. The van der Waals surface area contributed by atoms with E-state index in [4.69, 9.17) is 4.74 Å². The molecule has 2 heterocycles. The number of anilines is 1. The summed E-state index contributed by atoms with van der Waals surface area (Å²) in [6.07, 6.45) is 0. The molecule has 5 nitrogen and oxygen atoms in total. The zero-order chi connectivity index (χ0) is 16.4. The van der Waals surface area contributed by atoms with Gasteiger partial charge in [-0.05, 0) is 42.1 Å². The van der Waals surface area contributed by atoms with Crippen molar-refractivity contribution in [3.63, 3.8) is 0 Å². The molecule has 0 atom stereocenters. The summed E-state index contributed by atoms with van der Waals surface area (Å²) in [4.78, 5) is 13.6. The molecule has 0 aliphatic heterocycles. The van der Waals surface area contributed by atoms with Crippen LogP contribution in [0.5, 0.6) is 5.75 Å². The second-order valence-corrected chi connectivity index (χ2v) is 6.12. The Morgan fingerprint density at radius 2 is 2.13 bits per heavy atom. The third-order valence-electron chi connectivity index (χ3n) is 3.49. The molecule has 0 aliphatic carbocycles. The number of carbonyl (C=O) groups excluding carboxylic acids is 1. The Morgan fingerprint density at radius 3 is 2.83 bits per heavy atom. The van der Waals surface area contributed by atoms with Gasteiger partial charge in [0.25, 0.3) is 5.91 Å². The van der Waals surface area contributed by atoms with Gasteiger partial charge in [0.05, 0.1) is 23.4 Å². The molecule has 3 rings (SSSR count). The number of aryl methyl sites for hydroxylation is 2. The average molecular weight is 327 g/mol. The monoisotopic (exact) mass is 327 g/mol. The molecule has 23 heavy (non-hydrogen) atoms. The summed E-state index contributed by atoms with van der Waals surface area (Å²) >= 11 is 1.61. The number of thiophene rings is 1. The summed E-state index contributed by atoms with van der Waals surface area (Å²) in [6, 6.07) is 11.4. The van der Waals surface area contributed by atoms with Crippen LogP contribution in [0.15, 0.2) is 41.8 Å². The largest absolute Gasteiger partial charge is 0.495 e. The molecular formula is C17H17N3O2S. The van der Waals surface area contributed by atoms with Crippen molar-refractivity contribution in [2.45, 2.75) is 6.92 Å². The van der Waals surface area contributed by atoms with Crippen molar-refractivity contribution in [1.82, 2.24) is 9.78 Å². The third-order valence-corrected chi connectivity index (χ3v) is 4.38. The lowest BCUT2D eigenvalue weighted by Gasteiger charge is -2.09. The number of carbonyl (C=O) groups is 1. The van der Waals surface area contributed by atoms with E-state index in [2.05, 4.69) is 10.4 Å². The second kappa shape index (κ2) is 6.26. The molecule has 1 amide bonds. The van der Waals surface area contributed by atoms with Crippen LogP contribution in [0.3, 0.4) is 0 Å². The van der Waals surface area contributed by atoms with Gasteiger partial charge in [-0.2, -0.15) is 5.10 Å². The van der Waals surface area contributed by atoms with E-state index in [9.17, 15) is 4.79 Å². The number of benzene rings is 1. The molecule has 1 aromatic carbocycles. The fraction of sp³-hybridized carbons (Fsp3) is 0.176. The number of hydrogen-bond donors (Lipinski definition) is 1.